The van der Waals surface area contributed by atoms with Crippen LogP contribution in [-0.4, -0.2) is 54.7 Å². The molecule has 5 aliphatic rings. The first-order valence-electron chi connectivity index (χ1n) is 14.8. The highest BCUT2D eigenvalue weighted by molar-refractivity contribution is 5.91. The van der Waals surface area contributed by atoms with Crippen molar-refractivity contribution < 1.29 is 14.4 Å². The van der Waals surface area contributed by atoms with Crippen molar-refractivity contribution in [2.45, 2.75) is 91.5 Å². The molecule has 4 aliphatic carbocycles. The summed E-state index contributed by atoms with van der Waals surface area (Å²) in [7, 11) is 0. The first-order chi connectivity index (χ1) is 17.7. The van der Waals surface area contributed by atoms with E-state index in [1.54, 1.807) is 4.90 Å². The van der Waals surface area contributed by atoms with Gasteiger partial charge in [-0.2, -0.15) is 0 Å². The molecule has 4 fully saturated rings. The van der Waals surface area contributed by atoms with Crippen molar-refractivity contribution in [1.29, 1.82) is 0 Å². The number of rotatable bonds is 6. The third-order valence-corrected chi connectivity index (χ3v) is 11.5. The van der Waals surface area contributed by atoms with Crippen LogP contribution >= 0.6 is 0 Å². The van der Waals surface area contributed by atoms with Crippen molar-refractivity contribution >= 4 is 17.6 Å². The number of nitrogens with zero attached hydrogens (tertiary/aromatic N) is 2. The Morgan fingerprint density at radius 3 is 2.70 bits per heavy atom. The smallest absolute Gasteiger partial charge is 0.329 e. The van der Waals surface area contributed by atoms with Gasteiger partial charge < -0.3 is 16.0 Å². The minimum Gasteiger partial charge on any atom is -0.329 e. The summed E-state index contributed by atoms with van der Waals surface area (Å²) in [5.41, 5.74) is 8.59. The number of fused-ring (bicyclic) bond motifs is 5. The zero-order chi connectivity index (χ0) is 26.4. The SMILES string of the molecule is C/C(=N\OC(=O)N(CCN)CC1NCCC1C)[C@H]1CC[C@H]2[C@@H]3CCC4=CC(=O)CC[C@]4(C)[C@H]3CC[C@]12C. The summed E-state index contributed by atoms with van der Waals surface area (Å²) >= 11 is 0. The van der Waals surface area contributed by atoms with E-state index < -0.39 is 0 Å². The first kappa shape index (κ1) is 26.9. The average molecular weight is 513 g/mol. The number of hydrogen-bond acceptors (Lipinski definition) is 6. The number of hydrogen-bond donors (Lipinski definition) is 2. The molecule has 3 saturated carbocycles. The van der Waals surface area contributed by atoms with Crippen LogP contribution in [0, 0.1) is 40.4 Å². The number of nitrogens with two attached hydrogens (primary N) is 1. The average Bonchev–Trinajstić information content (AvgIpc) is 3.44. The number of allylic oxidation sites excluding steroid dienone is 1. The molecule has 0 aromatic rings. The lowest BCUT2D eigenvalue weighted by Gasteiger charge is -2.58. The number of oxime groups is 1. The predicted molar refractivity (Wildman–Crippen MR) is 146 cm³/mol. The maximum absolute atomic E-state index is 13.0. The Morgan fingerprint density at radius 2 is 1.97 bits per heavy atom. The molecule has 37 heavy (non-hydrogen) atoms. The summed E-state index contributed by atoms with van der Waals surface area (Å²) in [5.74, 6) is 3.29. The molecular formula is C30H48N4O3. The molecule has 0 radical (unpaired) electrons. The van der Waals surface area contributed by atoms with Gasteiger partial charge in [0.05, 0.1) is 5.71 Å². The molecule has 0 spiro atoms. The molecule has 206 valence electrons. The molecule has 0 bridgehead atoms. The Morgan fingerprint density at radius 1 is 1.16 bits per heavy atom. The van der Waals surface area contributed by atoms with Gasteiger partial charge in [-0.15, -0.1) is 0 Å². The summed E-state index contributed by atoms with van der Waals surface area (Å²) in [6.07, 6.45) is 11.5. The third-order valence-electron chi connectivity index (χ3n) is 11.5. The monoisotopic (exact) mass is 512 g/mol. The van der Waals surface area contributed by atoms with Gasteiger partial charge in [-0.25, -0.2) is 4.79 Å². The molecule has 0 aromatic carbocycles. The number of ketones is 1. The highest BCUT2D eigenvalue weighted by Gasteiger charge is 2.59. The normalized spacial score (nSPS) is 41.5. The van der Waals surface area contributed by atoms with Crippen molar-refractivity contribution in [3.05, 3.63) is 11.6 Å². The van der Waals surface area contributed by atoms with E-state index in [0.717, 1.165) is 43.9 Å². The van der Waals surface area contributed by atoms with Crippen LogP contribution in [0.15, 0.2) is 16.8 Å². The Balaban J connectivity index is 1.26. The van der Waals surface area contributed by atoms with E-state index in [-0.39, 0.29) is 23.0 Å². The highest BCUT2D eigenvalue weighted by Crippen LogP contribution is 2.66. The molecule has 1 aliphatic heterocycles. The summed E-state index contributed by atoms with van der Waals surface area (Å²) in [4.78, 5) is 32.4. The fraction of sp³-hybridized carbons (Fsp3) is 0.833. The van der Waals surface area contributed by atoms with E-state index in [9.17, 15) is 9.59 Å². The van der Waals surface area contributed by atoms with Gasteiger partial charge >= 0.3 is 6.09 Å². The van der Waals surface area contributed by atoms with Gasteiger partial charge in [0.2, 0.25) is 0 Å². The van der Waals surface area contributed by atoms with Gasteiger partial charge in [0.25, 0.3) is 0 Å². The third kappa shape index (κ3) is 4.80. The second kappa shape index (κ2) is 10.4. The van der Waals surface area contributed by atoms with Gasteiger partial charge in [0, 0.05) is 38.0 Å². The zero-order valence-corrected chi connectivity index (χ0v) is 23.4. The Bertz CT molecular complexity index is 962. The maximum Gasteiger partial charge on any atom is 0.436 e. The predicted octanol–water partition coefficient (Wildman–Crippen LogP) is 4.91. The van der Waals surface area contributed by atoms with Crippen LogP contribution in [0.2, 0.25) is 0 Å². The standard InChI is InChI=1S/C30H48N4O3/c1-19-11-15-32-27(19)18-34(16-14-31)28(36)37-33-20(2)24-7-8-25-23-6-5-21-17-22(35)9-12-29(21,3)26(23)10-13-30(24,25)4/h17,19,23-27,32H,5-16,18,31H2,1-4H3/b33-20+/t19?,23-,24+,25-,26-,27?,29-,30+/m0/s1. The van der Waals surface area contributed by atoms with Crippen LogP contribution in [-0.2, 0) is 9.63 Å². The van der Waals surface area contributed by atoms with Gasteiger partial charge in [0.1, 0.15) is 0 Å². The summed E-state index contributed by atoms with van der Waals surface area (Å²) in [6.45, 7) is 11.7. The topological polar surface area (TPSA) is 97.0 Å². The van der Waals surface area contributed by atoms with E-state index in [1.165, 1.54) is 31.3 Å². The van der Waals surface area contributed by atoms with Crippen LogP contribution in [0.1, 0.15) is 85.5 Å². The van der Waals surface area contributed by atoms with E-state index in [1.807, 2.05) is 6.08 Å². The van der Waals surface area contributed by atoms with Crippen LogP contribution in [0.4, 0.5) is 4.79 Å². The highest BCUT2D eigenvalue weighted by atomic mass is 16.7. The molecule has 8 atom stereocenters. The van der Waals surface area contributed by atoms with E-state index in [4.69, 9.17) is 10.6 Å². The van der Waals surface area contributed by atoms with E-state index >= 15 is 0 Å². The van der Waals surface area contributed by atoms with Gasteiger partial charge in [-0.3, -0.25) is 9.63 Å². The molecule has 0 aromatic heterocycles. The summed E-state index contributed by atoms with van der Waals surface area (Å²) < 4.78 is 0. The van der Waals surface area contributed by atoms with Crippen LogP contribution in [0.3, 0.4) is 0 Å². The summed E-state index contributed by atoms with van der Waals surface area (Å²) in [6, 6.07) is 0.281. The second-order valence-corrected chi connectivity index (χ2v) is 13.3. The van der Waals surface area contributed by atoms with Crippen molar-refractivity contribution in [1.82, 2.24) is 10.2 Å². The molecular weight excluding hydrogens is 464 g/mol. The molecule has 1 amide bonds. The summed E-state index contributed by atoms with van der Waals surface area (Å²) in [5, 5.41) is 7.94. The largest absolute Gasteiger partial charge is 0.436 e. The Hall–Kier alpha value is -1.73. The lowest BCUT2D eigenvalue weighted by molar-refractivity contribution is -0.117. The minimum atomic E-state index is -0.388. The zero-order valence-electron chi connectivity index (χ0n) is 23.4. The molecule has 7 nitrogen and oxygen atoms in total. The quantitative estimate of drug-likeness (QED) is 0.300. The van der Waals surface area contributed by atoms with Gasteiger partial charge in [-0.1, -0.05) is 31.5 Å². The fourth-order valence-corrected chi connectivity index (χ4v) is 9.27. The van der Waals surface area contributed by atoms with E-state index in [0.29, 0.717) is 55.5 Å². The molecule has 5 rings (SSSR count). The fourth-order valence-electron chi connectivity index (χ4n) is 9.27. The second-order valence-electron chi connectivity index (χ2n) is 13.3. The lowest BCUT2D eigenvalue weighted by atomic mass is 9.46. The van der Waals surface area contributed by atoms with Crippen molar-refractivity contribution in [2.75, 3.05) is 26.2 Å². The number of carbonyl (C=O) groups is 2. The minimum absolute atomic E-state index is 0.198. The number of amides is 1. The van der Waals surface area contributed by atoms with Crippen molar-refractivity contribution in [2.24, 2.45) is 51.3 Å². The molecule has 2 unspecified atom stereocenters. The molecule has 1 saturated heterocycles. The van der Waals surface area contributed by atoms with Crippen LogP contribution in [0.25, 0.3) is 0 Å². The van der Waals surface area contributed by atoms with Crippen molar-refractivity contribution in [3.8, 4) is 0 Å². The first-order valence-corrected chi connectivity index (χ1v) is 14.8. The van der Waals surface area contributed by atoms with Crippen LogP contribution < -0.4 is 11.1 Å². The van der Waals surface area contributed by atoms with Crippen molar-refractivity contribution in [3.63, 3.8) is 0 Å². The maximum atomic E-state index is 13.0. The number of carbonyl (C=O) groups excluding carboxylic acids is 2. The lowest BCUT2D eigenvalue weighted by Crippen LogP contribution is -2.51. The molecule has 3 N–H and O–H groups in total. The Labute approximate surface area is 223 Å². The molecule has 7 heteroatoms. The van der Waals surface area contributed by atoms with E-state index in [2.05, 4.69) is 38.2 Å². The Kier molecular flexibility index (Phi) is 7.58. The van der Waals surface area contributed by atoms with Gasteiger partial charge in [-0.05, 0) is 105 Å². The van der Waals surface area contributed by atoms with Gasteiger partial charge in [0.15, 0.2) is 5.78 Å². The molecule has 1 heterocycles. The van der Waals surface area contributed by atoms with Crippen LogP contribution in [0.5, 0.6) is 0 Å². The number of nitrogens with one attached hydrogen (secondary N) is 1.